The number of amides is 2. The van der Waals surface area contributed by atoms with Gasteiger partial charge in [0.1, 0.15) is 0 Å². The molecule has 0 bridgehead atoms. The lowest BCUT2D eigenvalue weighted by Crippen LogP contribution is -2.35. The maximum atomic E-state index is 12.0. The monoisotopic (exact) mass is 278 g/mol. The molecule has 5 heteroatoms. The smallest absolute Gasteiger partial charge is 0.251 e. The number of nitrogens with one attached hydrogen (secondary N) is 1. The molecule has 1 atom stereocenters. The summed E-state index contributed by atoms with van der Waals surface area (Å²) in [5.41, 5.74) is 5.80. The quantitative estimate of drug-likeness (QED) is 0.732. The van der Waals surface area contributed by atoms with Crippen molar-refractivity contribution in [3.8, 4) is 0 Å². The van der Waals surface area contributed by atoms with Gasteiger partial charge >= 0.3 is 0 Å². The number of benzene rings is 1. The van der Waals surface area contributed by atoms with Crippen LogP contribution in [0.1, 0.15) is 47.9 Å². The average Bonchev–Trinajstić information content (AvgIpc) is 2.34. The van der Waals surface area contributed by atoms with Crippen LogP contribution in [0, 0.1) is 5.41 Å². The molecule has 0 aliphatic carbocycles. The third kappa shape index (κ3) is 5.01. The number of carbonyl (C=O) groups excluding carboxylic acids is 2. The lowest BCUT2D eigenvalue weighted by Gasteiger charge is -2.26. The number of nitrogens with two attached hydrogens (primary N) is 1. The number of hydrogen-bond acceptors (Lipinski definition) is 3. The van der Waals surface area contributed by atoms with Crippen LogP contribution < -0.4 is 11.1 Å². The molecule has 4 N–H and O–H groups in total. The van der Waals surface area contributed by atoms with Gasteiger partial charge in [-0.3, -0.25) is 9.59 Å². The summed E-state index contributed by atoms with van der Waals surface area (Å²) in [4.78, 5) is 22.9. The lowest BCUT2D eigenvalue weighted by molar-refractivity contribution is 0.0901. The summed E-state index contributed by atoms with van der Waals surface area (Å²) < 4.78 is 0. The van der Waals surface area contributed by atoms with Crippen molar-refractivity contribution in [3.05, 3.63) is 35.4 Å². The fraction of sp³-hybridized carbons (Fsp3) is 0.467. The maximum absolute atomic E-state index is 12.0. The number of carbonyl (C=O) groups is 2. The first-order valence-electron chi connectivity index (χ1n) is 6.57. The van der Waals surface area contributed by atoms with E-state index in [9.17, 15) is 14.7 Å². The van der Waals surface area contributed by atoms with E-state index in [1.54, 1.807) is 19.1 Å². The molecule has 0 saturated heterocycles. The fourth-order valence-corrected chi connectivity index (χ4v) is 2.08. The number of aliphatic hydroxyl groups excluding tert-OH is 1. The zero-order valence-corrected chi connectivity index (χ0v) is 12.1. The first-order valence-corrected chi connectivity index (χ1v) is 6.57. The Labute approximate surface area is 119 Å². The third-order valence-corrected chi connectivity index (χ3v) is 3.01. The standard InChI is InChI=1S/C15H22N2O3/c1-10(18)8-15(2,3)9-17-14(20)12-6-4-11(5-7-12)13(16)19/h4-7,10,18H,8-9H2,1-3H3,(H2,16,19)(H,17,20). The molecule has 1 aromatic rings. The molecule has 20 heavy (non-hydrogen) atoms. The van der Waals surface area contributed by atoms with Gasteiger partial charge < -0.3 is 16.2 Å². The number of aliphatic hydroxyl groups is 1. The lowest BCUT2D eigenvalue weighted by atomic mass is 9.87. The molecular formula is C15H22N2O3. The molecule has 0 heterocycles. The fourth-order valence-electron chi connectivity index (χ4n) is 2.08. The molecule has 0 fully saturated rings. The number of rotatable bonds is 6. The van der Waals surface area contributed by atoms with E-state index < -0.39 is 12.0 Å². The van der Waals surface area contributed by atoms with Gasteiger partial charge in [0.05, 0.1) is 6.10 Å². The Hall–Kier alpha value is -1.88. The van der Waals surface area contributed by atoms with Gasteiger partial charge in [0.25, 0.3) is 5.91 Å². The first-order chi connectivity index (χ1) is 9.21. The van der Waals surface area contributed by atoms with E-state index in [1.807, 2.05) is 13.8 Å². The minimum Gasteiger partial charge on any atom is -0.393 e. The Morgan fingerprint density at radius 3 is 2.20 bits per heavy atom. The van der Waals surface area contributed by atoms with Crippen LogP contribution in [-0.2, 0) is 0 Å². The van der Waals surface area contributed by atoms with Crippen LogP contribution in [0.25, 0.3) is 0 Å². The largest absolute Gasteiger partial charge is 0.393 e. The van der Waals surface area contributed by atoms with Gasteiger partial charge in [-0.05, 0) is 43.0 Å². The van der Waals surface area contributed by atoms with Gasteiger partial charge in [-0.15, -0.1) is 0 Å². The Balaban J connectivity index is 2.61. The van der Waals surface area contributed by atoms with Crippen molar-refractivity contribution >= 4 is 11.8 Å². The summed E-state index contributed by atoms with van der Waals surface area (Å²) in [5.74, 6) is -0.727. The minimum absolute atomic E-state index is 0.184. The number of primary amides is 1. The zero-order valence-electron chi connectivity index (χ0n) is 12.1. The van der Waals surface area contributed by atoms with Crippen LogP contribution in [-0.4, -0.2) is 29.6 Å². The maximum Gasteiger partial charge on any atom is 0.251 e. The molecule has 0 aliphatic rings. The van der Waals surface area contributed by atoms with E-state index >= 15 is 0 Å². The topological polar surface area (TPSA) is 92.4 Å². The van der Waals surface area contributed by atoms with E-state index in [2.05, 4.69) is 5.32 Å². The van der Waals surface area contributed by atoms with E-state index in [1.165, 1.54) is 12.1 Å². The Morgan fingerprint density at radius 1 is 1.25 bits per heavy atom. The Morgan fingerprint density at radius 2 is 1.75 bits per heavy atom. The SMILES string of the molecule is CC(O)CC(C)(C)CNC(=O)c1ccc(C(N)=O)cc1. The van der Waals surface area contributed by atoms with Crippen molar-refractivity contribution < 1.29 is 14.7 Å². The van der Waals surface area contributed by atoms with Crippen molar-refractivity contribution in [1.29, 1.82) is 0 Å². The van der Waals surface area contributed by atoms with Crippen molar-refractivity contribution in [2.75, 3.05) is 6.54 Å². The molecular weight excluding hydrogens is 256 g/mol. The molecule has 1 rings (SSSR count). The highest BCUT2D eigenvalue weighted by Crippen LogP contribution is 2.21. The zero-order chi connectivity index (χ0) is 15.3. The summed E-state index contributed by atoms with van der Waals surface area (Å²) in [7, 11) is 0. The summed E-state index contributed by atoms with van der Waals surface area (Å²) >= 11 is 0. The van der Waals surface area contributed by atoms with Gasteiger partial charge in [-0.1, -0.05) is 13.8 Å². The molecule has 1 aromatic carbocycles. The number of hydrogen-bond donors (Lipinski definition) is 3. The van der Waals surface area contributed by atoms with Crippen molar-refractivity contribution in [2.24, 2.45) is 11.1 Å². The second kappa shape index (κ2) is 6.52. The second-order valence-corrected chi connectivity index (χ2v) is 5.84. The molecule has 5 nitrogen and oxygen atoms in total. The highest BCUT2D eigenvalue weighted by molar-refractivity contribution is 5.97. The van der Waals surface area contributed by atoms with Gasteiger partial charge in [0.2, 0.25) is 5.91 Å². The van der Waals surface area contributed by atoms with Crippen molar-refractivity contribution in [1.82, 2.24) is 5.32 Å². The van der Waals surface area contributed by atoms with Gasteiger partial charge in [-0.25, -0.2) is 0 Å². The van der Waals surface area contributed by atoms with E-state index in [0.717, 1.165) is 0 Å². The van der Waals surface area contributed by atoms with Crippen molar-refractivity contribution in [3.63, 3.8) is 0 Å². The molecule has 0 aromatic heterocycles. The molecule has 110 valence electrons. The summed E-state index contributed by atoms with van der Waals surface area (Å²) in [6.07, 6.45) is 0.199. The molecule has 0 spiro atoms. The highest BCUT2D eigenvalue weighted by atomic mass is 16.3. The van der Waals surface area contributed by atoms with Crippen LogP contribution in [0.2, 0.25) is 0 Å². The second-order valence-electron chi connectivity index (χ2n) is 5.84. The average molecular weight is 278 g/mol. The van der Waals surface area contributed by atoms with E-state index in [4.69, 9.17) is 5.73 Å². The predicted molar refractivity (Wildman–Crippen MR) is 77.4 cm³/mol. The normalized spacial score (nSPS) is 12.8. The van der Waals surface area contributed by atoms with E-state index in [0.29, 0.717) is 24.1 Å². The van der Waals surface area contributed by atoms with Gasteiger partial charge in [0.15, 0.2) is 0 Å². The minimum atomic E-state index is -0.518. The molecule has 0 saturated carbocycles. The van der Waals surface area contributed by atoms with Crippen LogP contribution >= 0.6 is 0 Å². The molecule has 0 radical (unpaired) electrons. The van der Waals surface area contributed by atoms with Gasteiger partial charge in [-0.2, -0.15) is 0 Å². The Bertz CT molecular complexity index is 478. The Kier molecular flexibility index (Phi) is 5.27. The third-order valence-electron chi connectivity index (χ3n) is 3.01. The van der Waals surface area contributed by atoms with E-state index in [-0.39, 0.29) is 11.3 Å². The summed E-state index contributed by atoms with van der Waals surface area (Å²) in [6.45, 7) is 6.16. The van der Waals surface area contributed by atoms with Crippen LogP contribution in [0.3, 0.4) is 0 Å². The van der Waals surface area contributed by atoms with Crippen LogP contribution in [0.15, 0.2) is 24.3 Å². The highest BCUT2D eigenvalue weighted by Gasteiger charge is 2.21. The molecule has 2 amide bonds. The van der Waals surface area contributed by atoms with Gasteiger partial charge in [0, 0.05) is 17.7 Å². The summed E-state index contributed by atoms with van der Waals surface area (Å²) in [6, 6.07) is 6.19. The van der Waals surface area contributed by atoms with Crippen LogP contribution in [0.4, 0.5) is 0 Å². The molecule has 0 aliphatic heterocycles. The summed E-state index contributed by atoms with van der Waals surface area (Å²) in [5, 5.41) is 12.2. The van der Waals surface area contributed by atoms with Crippen molar-refractivity contribution in [2.45, 2.75) is 33.3 Å². The molecule has 1 unspecified atom stereocenters. The predicted octanol–water partition coefficient (Wildman–Crippen LogP) is 1.31. The first kappa shape index (κ1) is 16.2. The van der Waals surface area contributed by atoms with Crippen LogP contribution in [0.5, 0.6) is 0 Å².